The lowest BCUT2D eigenvalue weighted by molar-refractivity contribution is 0.0921. The summed E-state index contributed by atoms with van der Waals surface area (Å²) in [5.41, 5.74) is 2.54. The Morgan fingerprint density at radius 1 is 1.35 bits per heavy atom. The molecule has 0 N–H and O–H groups in total. The first-order chi connectivity index (χ1) is 9.40. The number of aromatic nitrogens is 1. The molecule has 0 fully saturated rings. The topological polar surface area (TPSA) is 31.2 Å². The van der Waals surface area contributed by atoms with Gasteiger partial charge in [-0.3, -0.25) is 4.79 Å². The van der Waals surface area contributed by atoms with Gasteiger partial charge in [-0.15, -0.1) is 0 Å². The molecule has 0 amide bonds. The third kappa shape index (κ3) is 2.85. The van der Waals surface area contributed by atoms with Crippen molar-refractivity contribution in [2.75, 3.05) is 6.61 Å². The molecule has 0 aliphatic heterocycles. The lowest BCUT2D eigenvalue weighted by Crippen LogP contribution is -2.12. The molecule has 1 heterocycles. The van der Waals surface area contributed by atoms with Crippen molar-refractivity contribution in [2.24, 2.45) is 7.05 Å². The van der Waals surface area contributed by atoms with Crippen LogP contribution in [0.25, 0.3) is 0 Å². The summed E-state index contributed by atoms with van der Waals surface area (Å²) < 4.78 is 20.3. The molecule has 1 aromatic carbocycles. The molecule has 3 nitrogen and oxygen atoms in total. The summed E-state index contributed by atoms with van der Waals surface area (Å²) >= 11 is 5.65. The Bertz CT molecular complexity index is 664. The van der Waals surface area contributed by atoms with Gasteiger partial charge >= 0.3 is 0 Å². The van der Waals surface area contributed by atoms with Crippen LogP contribution in [0, 0.1) is 19.7 Å². The number of benzene rings is 1. The monoisotopic (exact) mass is 295 g/mol. The minimum absolute atomic E-state index is 0.0262. The second kappa shape index (κ2) is 5.67. The molecule has 106 valence electrons. The predicted molar refractivity (Wildman–Crippen MR) is 76.1 cm³/mol. The molecule has 0 saturated heterocycles. The largest absolute Gasteiger partial charge is 0.485 e. The molecule has 0 bridgehead atoms. The van der Waals surface area contributed by atoms with Crippen molar-refractivity contribution in [3.63, 3.8) is 0 Å². The van der Waals surface area contributed by atoms with Crippen molar-refractivity contribution in [1.82, 2.24) is 4.57 Å². The van der Waals surface area contributed by atoms with Crippen molar-refractivity contribution in [3.8, 4) is 5.75 Å². The highest BCUT2D eigenvalue weighted by atomic mass is 35.5. The molecule has 2 rings (SSSR count). The Kier molecular flexibility index (Phi) is 4.14. The van der Waals surface area contributed by atoms with Crippen LogP contribution in [-0.4, -0.2) is 17.0 Å². The molecule has 0 aliphatic rings. The molecule has 5 heteroatoms. The second-order valence-corrected chi connectivity index (χ2v) is 5.04. The van der Waals surface area contributed by atoms with E-state index in [1.165, 1.54) is 18.2 Å². The zero-order valence-corrected chi connectivity index (χ0v) is 12.3. The van der Waals surface area contributed by atoms with Crippen LogP contribution >= 0.6 is 11.6 Å². The quantitative estimate of drug-likeness (QED) is 0.806. The molecule has 0 radical (unpaired) electrons. The Balaban J connectivity index is 2.08. The van der Waals surface area contributed by atoms with E-state index in [-0.39, 0.29) is 17.4 Å². The van der Waals surface area contributed by atoms with Crippen LogP contribution in [0.3, 0.4) is 0 Å². The van der Waals surface area contributed by atoms with E-state index in [0.717, 1.165) is 11.4 Å². The summed E-state index contributed by atoms with van der Waals surface area (Å²) in [6, 6.07) is 5.84. The Hall–Kier alpha value is -1.81. The highest BCUT2D eigenvalue weighted by molar-refractivity contribution is 6.30. The maximum Gasteiger partial charge on any atom is 0.202 e. The van der Waals surface area contributed by atoms with E-state index < -0.39 is 5.82 Å². The first-order valence-corrected chi connectivity index (χ1v) is 6.52. The van der Waals surface area contributed by atoms with Gasteiger partial charge in [0.15, 0.2) is 6.61 Å². The maximum absolute atomic E-state index is 13.0. The van der Waals surface area contributed by atoms with Crippen molar-refractivity contribution in [3.05, 3.63) is 52.1 Å². The Morgan fingerprint density at radius 3 is 2.60 bits per heavy atom. The van der Waals surface area contributed by atoms with Gasteiger partial charge in [0.1, 0.15) is 11.6 Å². The van der Waals surface area contributed by atoms with Crippen molar-refractivity contribution in [1.29, 1.82) is 0 Å². The molecule has 0 aliphatic carbocycles. The van der Waals surface area contributed by atoms with Gasteiger partial charge in [-0.25, -0.2) is 4.39 Å². The summed E-state index contributed by atoms with van der Waals surface area (Å²) in [5, 5.41) is -0.0262. The lowest BCUT2D eigenvalue weighted by atomic mass is 10.1. The van der Waals surface area contributed by atoms with Gasteiger partial charge in [-0.2, -0.15) is 0 Å². The molecule has 0 saturated carbocycles. The van der Waals surface area contributed by atoms with Crippen LogP contribution in [-0.2, 0) is 7.05 Å². The van der Waals surface area contributed by atoms with Gasteiger partial charge in [-0.1, -0.05) is 11.6 Å². The average Bonchev–Trinajstić information content (AvgIpc) is 2.67. The van der Waals surface area contributed by atoms with Crippen molar-refractivity contribution < 1.29 is 13.9 Å². The van der Waals surface area contributed by atoms with Gasteiger partial charge in [0, 0.05) is 30.1 Å². The zero-order chi connectivity index (χ0) is 14.9. The van der Waals surface area contributed by atoms with E-state index in [4.69, 9.17) is 16.3 Å². The van der Waals surface area contributed by atoms with Crippen LogP contribution in [0.15, 0.2) is 24.3 Å². The van der Waals surface area contributed by atoms with Gasteiger partial charge in [0.2, 0.25) is 5.78 Å². The normalized spacial score (nSPS) is 10.7. The molecular formula is C15H15ClFNO2. The van der Waals surface area contributed by atoms with E-state index in [1.54, 1.807) is 0 Å². The molecular weight excluding hydrogens is 281 g/mol. The summed E-state index contributed by atoms with van der Waals surface area (Å²) in [4.78, 5) is 12.1. The molecule has 0 unspecified atom stereocenters. The first-order valence-electron chi connectivity index (χ1n) is 6.14. The average molecular weight is 296 g/mol. The fourth-order valence-corrected chi connectivity index (χ4v) is 2.10. The van der Waals surface area contributed by atoms with Crippen LogP contribution in [0.1, 0.15) is 21.7 Å². The molecule has 1 aromatic heterocycles. The number of carbonyl (C=O) groups excluding carboxylic acids is 1. The first kappa shape index (κ1) is 14.6. The number of halogens is 2. The summed E-state index contributed by atoms with van der Waals surface area (Å²) in [6.07, 6.45) is 0. The molecule has 2 aromatic rings. The van der Waals surface area contributed by atoms with E-state index in [2.05, 4.69) is 0 Å². The molecule has 20 heavy (non-hydrogen) atoms. The van der Waals surface area contributed by atoms with Crippen LogP contribution in [0.5, 0.6) is 5.75 Å². The number of nitrogens with zero attached hydrogens (tertiary/aromatic N) is 1. The third-order valence-electron chi connectivity index (χ3n) is 3.34. The van der Waals surface area contributed by atoms with E-state index in [9.17, 15) is 9.18 Å². The SMILES string of the molecule is Cc1cc(C(=O)COc2ccc(F)c(Cl)c2)c(C)n1C. The number of Topliss-reactive ketones (excluding diaryl/α,β-unsaturated/α-hetero) is 1. The standard InChI is InChI=1S/C15H15ClFNO2/c1-9-6-12(10(2)18(9)3)15(19)8-20-11-4-5-14(17)13(16)7-11/h4-7H,8H2,1-3H3. The molecule has 0 atom stereocenters. The van der Waals surface area contributed by atoms with Crippen molar-refractivity contribution >= 4 is 17.4 Å². The van der Waals surface area contributed by atoms with Crippen LogP contribution in [0.2, 0.25) is 5.02 Å². The number of aryl methyl sites for hydroxylation is 1. The fraction of sp³-hybridized carbons (Fsp3) is 0.267. The summed E-state index contributed by atoms with van der Waals surface area (Å²) in [6.45, 7) is 3.71. The van der Waals surface area contributed by atoms with Gasteiger partial charge in [0.25, 0.3) is 0 Å². The number of carbonyl (C=O) groups is 1. The van der Waals surface area contributed by atoms with E-state index in [0.29, 0.717) is 11.3 Å². The third-order valence-corrected chi connectivity index (χ3v) is 3.63. The maximum atomic E-state index is 13.0. The molecule has 0 spiro atoms. The minimum atomic E-state index is -0.514. The van der Waals surface area contributed by atoms with E-state index in [1.807, 2.05) is 31.5 Å². The van der Waals surface area contributed by atoms with Crippen LogP contribution < -0.4 is 4.74 Å². The lowest BCUT2D eigenvalue weighted by Gasteiger charge is -2.06. The minimum Gasteiger partial charge on any atom is -0.485 e. The number of hydrogen-bond donors (Lipinski definition) is 0. The van der Waals surface area contributed by atoms with Gasteiger partial charge < -0.3 is 9.30 Å². The highest BCUT2D eigenvalue weighted by Gasteiger charge is 2.14. The Labute approximate surface area is 121 Å². The van der Waals surface area contributed by atoms with E-state index >= 15 is 0 Å². The Morgan fingerprint density at radius 2 is 2.05 bits per heavy atom. The predicted octanol–water partition coefficient (Wildman–Crippen LogP) is 3.70. The van der Waals surface area contributed by atoms with Gasteiger partial charge in [0.05, 0.1) is 5.02 Å². The van der Waals surface area contributed by atoms with Crippen LogP contribution in [0.4, 0.5) is 4.39 Å². The van der Waals surface area contributed by atoms with Gasteiger partial charge in [-0.05, 0) is 32.0 Å². The summed E-state index contributed by atoms with van der Waals surface area (Å²) in [5.74, 6) is -0.262. The smallest absolute Gasteiger partial charge is 0.202 e. The number of hydrogen-bond acceptors (Lipinski definition) is 2. The summed E-state index contributed by atoms with van der Waals surface area (Å²) in [7, 11) is 1.90. The number of rotatable bonds is 4. The van der Waals surface area contributed by atoms with Crippen molar-refractivity contribution in [2.45, 2.75) is 13.8 Å². The zero-order valence-electron chi connectivity index (χ0n) is 11.5. The highest BCUT2D eigenvalue weighted by Crippen LogP contribution is 2.21. The number of ether oxygens (including phenoxy) is 1. The fourth-order valence-electron chi connectivity index (χ4n) is 1.93. The second-order valence-electron chi connectivity index (χ2n) is 4.63. The number of ketones is 1.